The molecule has 1 amide bonds. The molecule has 176 valence electrons. The van der Waals surface area contributed by atoms with Crippen LogP contribution in [0.4, 0.5) is 0 Å². The maximum atomic E-state index is 14.5. The van der Waals surface area contributed by atoms with E-state index in [1.807, 2.05) is 103 Å². The highest BCUT2D eigenvalue weighted by atomic mass is 16.2. The molecule has 5 aromatic carbocycles. The number of rotatable bonds is 8. The van der Waals surface area contributed by atoms with E-state index in [1.54, 1.807) is 0 Å². The zero-order valence-electron chi connectivity index (χ0n) is 20.1. The number of amides is 1. The Bertz CT molecular complexity index is 1230. The number of hydrogen-bond donors (Lipinski definition) is 1. The summed E-state index contributed by atoms with van der Waals surface area (Å²) in [6.45, 7) is 0.487. The summed E-state index contributed by atoms with van der Waals surface area (Å²) in [6.07, 6.45) is 0. The van der Waals surface area contributed by atoms with Crippen LogP contribution in [0.25, 0.3) is 0 Å². The van der Waals surface area contributed by atoms with Crippen LogP contribution in [-0.4, -0.2) is 12.5 Å². The van der Waals surface area contributed by atoms with Gasteiger partial charge in [0.25, 0.3) is 0 Å². The fourth-order valence-corrected chi connectivity index (χ4v) is 5.08. The molecule has 2 nitrogen and oxygen atoms in total. The van der Waals surface area contributed by atoms with Crippen molar-refractivity contribution in [2.24, 2.45) is 0 Å². The van der Waals surface area contributed by atoms with Crippen molar-refractivity contribution in [2.45, 2.75) is 11.3 Å². The Morgan fingerprint density at radius 2 is 0.806 bits per heavy atom. The summed E-state index contributed by atoms with van der Waals surface area (Å²) in [5, 5.41) is 3.38. The number of benzene rings is 5. The number of nitrogens with one attached hydrogen (secondary N) is 1. The van der Waals surface area contributed by atoms with Crippen molar-refractivity contribution in [2.75, 3.05) is 6.54 Å². The molecule has 0 aromatic heterocycles. The number of carbonyl (C=O) groups excluding carboxylic acids is 1. The van der Waals surface area contributed by atoms with Gasteiger partial charge in [0.15, 0.2) is 0 Å². The van der Waals surface area contributed by atoms with Crippen molar-refractivity contribution in [3.63, 3.8) is 0 Å². The third kappa shape index (κ3) is 4.58. The molecule has 0 spiro atoms. The standard InChI is InChI=1S/C34H29NO/c36-33(35-26-32(27-16-6-1-7-17-27)28-18-8-2-9-19-28)34(29-20-10-3-11-21-29,30-22-12-4-13-23-30)31-24-14-5-15-25-31/h1-25,32H,26H2,(H,35,36). The molecule has 2 heteroatoms. The van der Waals surface area contributed by atoms with E-state index in [1.165, 1.54) is 11.1 Å². The minimum absolute atomic E-state index is 0.0383. The minimum Gasteiger partial charge on any atom is -0.354 e. The molecule has 1 N–H and O–H groups in total. The summed E-state index contributed by atoms with van der Waals surface area (Å²) in [7, 11) is 0. The van der Waals surface area contributed by atoms with Gasteiger partial charge in [-0.1, -0.05) is 152 Å². The van der Waals surface area contributed by atoms with Gasteiger partial charge < -0.3 is 5.32 Å². The molecular weight excluding hydrogens is 438 g/mol. The first-order chi connectivity index (χ1) is 17.8. The lowest BCUT2D eigenvalue weighted by molar-refractivity contribution is -0.124. The Hall–Kier alpha value is -4.43. The van der Waals surface area contributed by atoms with Crippen LogP contribution in [0.5, 0.6) is 0 Å². The average molecular weight is 468 g/mol. The highest BCUT2D eigenvalue weighted by Crippen LogP contribution is 2.39. The van der Waals surface area contributed by atoms with Crippen LogP contribution in [0.2, 0.25) is 0 Å². The van der Waals surface area contributed by atoms with Crippen LogP contribution in [0.3, 0.4) is 0 Å². The lowest BCUT2D eigenvalue weighted by Gasteiger charge is -2.35. The lowest BCUT2D eigenvalue weighted by Crippen LogP contribution is -2.47. The molecule has 0 fully saturated rings. The van der Waals surface area contributed by atoms with Gasteiger partial charge in [0.05, 0.1) is 0 Å². The Labute approximate surface area is 213 Å². The molecule has 0 heterocycles. The maximum absolute atomic E-state index is 14.5. The molecule has 0 atom stereocenters. The van der Waals surface area contributed by atoms with E-state index in [0.29, 0.717) is 6.54 Å². The number of carbonyl (C=O) groups is 1. The van der Waals surface area contributed by atoms with Crippen LogP contribution < -0.4 is 5.32 Å². The van der Waals surface area contributed by atoms with Gasteiger partial charge in [0.1, 0.15) is 5.41 Å². The molecule has 0 aliphatic heterocycles. The van der Waals surface area contributed by atoms with E-state index in [9.17, 15) is 4.79 Å². The topological polar surface area (TPSA) is 29.1 Å². The van der Waals surface area contributed by atoms with Crippen LogP contribution in [0.1, 0.15) is 33.7 Å². The van der Waals surface area contributed by atoms with Crippen LogP contribution in [0, 0.1) is 0 Å². The molecule has 0 saturated carbocycles. The second-order valence-electron chi connectivity index (χ2n) is 8.93. The van der Waals surface area contributed by atoms with Gasteiger partial charge in [0, 0.05) is 12.5 Å². The van der Waals surface area contributed by atoms with Crippen LogP contribution >= 0.6 is 0 Å². The van der Waals surface area contributed by atoms with Crippen LogP contribution in [-0.2, 0) is 10.2 Å². The van der Waals surface area contributed by atoms with Crippen molar-refractivity contribution >= 4 is 5.91 Å². The van der Waals surface area contributed by atoms with E-state index in [0.717, 1.165) is 16.7 Å². The van der Waals surface area contributed by atoms with E-state index in [4.69, 9.17) is 0 Å². The molecule has 0 aliphatic carbocycles. The Kier molecular flexibility index (Phi) is 7.05. The van der Waals surface area contributed by atoms with Gasteiger partial charge in [0.2, 0.25) is 5.91 Å². The van der Waals surface area contributed by atoms with E-state index >= 15 is 0 Å². The second-order valence-corrected chi connectivity index (χ2v) is 8.93. The lowest BCUT2D eigenvalue weighted by atomic mass is 9.68. The Morgan fingerprint density at radius 1 is 0.500 bits per heavy atom. The highest BCUT2D eigenvalue weighted by Gasteiger charge is 2.43. The molecule has 0 saturated heterocycles. The molecule has 0 unspecified atom stereocenters. The maximum Gasteiger partial charge on any atom is 0.239 e. The highest BCUT2D eigenvalue weighted by molar-refractivity contribution is 5.96. The van der Waals surface area contributed by atoms with Gasteiger partial charge in [-0.2, -0.15) is 0 Å². The van der Waals surface area contributed by atoms with Gasteiger partial charge in [-0.3, -0.25) is 4.79 Å². The molecule has 5 rings (SSSR count). The molecule has 0 bridgehead atoms. The molecule has 0 aliphatic rings. The van der Waals surface area contributed by atoms with Gasteiger partial charge in [-0.05, 0) is 27.8 Å². The first-order valence-corrected chi connectivity index (χ1v) is 12.3. The zero-order valence-corrected chi connectivity index (χ0v) is 20.1. The van der Waals surface area contributed by atoms with Gasteiger partial charge >= 0.3 is 0 Å². The van der Waals surface area contributed by atoms with Gasteiger partial charge in [-0.25, -0.2) is 0 Å². The first kappa shape index (κ1) is 23.3. The fraction of sp³-hybridized carbons (Fsp3) is 0.0882. The molecule has 5 aromatic rings. The normalized spacial score (nSPS) is 11.2. The van der Waals surface area contributed by atoms with Crippen LogP contribution in [0.15, 0.2) is 152 Å². The van der Waals surface area contributed by atoms with E-state index in [2.05, 4.69) is 53.8 Å². The summed E-state index contributed by atoms with van der Waals surface area (Å²) < 4.78 is 0. The first-order valence-electron chi connectivity index (χ1n) is 12.3. The summed E-state index contributed by atoms with van der Waals surface area (Å²) in [4.78, 5) is 14.5. The third-order valence-corrected chi connectivity index (χ3v) is 6.83. The molecule has 36 heavy (non-hydrogen) atoms. The fourth-order valence-electron chi connectivity index (χ4n) is 5.08. The predicted molar refractivity (Wildman–Crippen MR) is 147 cm³/mol. The summed E-state index contributed by atoms with van der Waals surface area (Å²) in [5.41, 5.74) is 4.19. The van der Waals surface area contributed by atoms with Crippen molar-refractivity contribution in [3.8, 4) is 0 Å². The number of hydrogen-bond acceptors (Lipinski definition) is 1. The molecule has 0 radical (unpaired) electrons. The van der Waals surface area contributed by atoms with Crippen molar-refractivity contribution in [1.29, 1.82) is 0 Å². The molecular formula is C34H29NO. The largest absolute Gasteiger partial charge is 0.354 e. The monoisotopic (exact) mass is 467 g/mol. The van der Waals surface area contributed by atoms with Crippen molar-refractivity contribution < 1.29 is 4.79 Å². The quantitative estimate of drug-likeness (QED) is 0.245. The third-order valence-electron chi connectivity index (χ3n) is 6.83. The second kappa shape index (κ2) is 10.9. The smallest absolute Gasteiger partial charge is 0.239 e. The summed E-state index contributed by atoms with van der Waals surface area (Å²) in [5.74, 6) is -0.000618. The minimum atomic E-state index is -0.984. The zero-order chi connectivity index (χ0) is 24.6. The SMILES string of the molecule is O=C(NCC(c1ccccc1)c1ccccc1)C(c1ccccc1)(c1ccccc1)c1ccccc1. The summed E-state index contributed by atoms with van der Waals surface area (Å²) >= 11 is 0. The van der Waals surface area contributed by atoms with Gasteiger partial charge in [-0.15, -0.1) is 0 Å². The van der Waals surface area contributed by atoms with E-state index < -0.39 is 5.41 Å². The predicted octanol–water partition coefficient (Wildman–Crippen LogP) is 6.97. The van der Waals surface area contributed by atoms with Crippen molar-refractivity contribution in [3.05, 3.63) is 179 Å². The average Bonchev–Trinajstić information content (AvgIpc) is 2.96. The Morgan fingerprint density at radius 3 is 1.14 bits per heavy atom. The van der Waals surface area contributed by atoms with Crippen molar-refractivity contribution in [1.82, 2.24) is 5.32 Å². The Balaban J connectivity index is 1.60. The van der Waals surface area contributed by atoms with E-state index in [-0.39, 0.29) is 11.8 Å². The summed E-state index contributed by atoms with van der Waals surface area (Å²) in [6, 6.07) is 51.0.